The van der Waals surface area contributed by atoms with Gasteiger partial charge in [-0.25, -0.2) is 9.97 Å². The van der Waals surface area contributed by atoms with Gasteiger partial charge in [-0.05, 0) is 43.6 Å². The Morgan fingerprint density at radius 1 is 1.09 bits per heavy atom. The van der Waals surface area contributed by atoms with E-state index in [4.69, 9.17) is 14.7 Å². The molecule has 2 aliphatic carbocycles. The van der Waals surface area contributed by atoms with E-state index in [1.54, 1.807) is 0 Å². The topological polar surface area (TPSA) is 64.1 Å². The maximum Gasteiger partial charge on any atom is 0.280 e. The zero-order valence-corrected chi connectivity index (χ0v) is 22.4. The van der Waals surface area contributed by atoms with E-state index in [-0.39, 0.29) is 11.3 Å². The summed E-state index contributed by atoms with van der Waals surface area (Å²) in [7, 11) is 0. The van der Waals surface area contributed by atoms with Gasteiger partial charge >= 0.3 is 0 Å². The Labute approximate surface area is 209 Å². The highest BCUT2D eigenvalue weighted by atomic mass is 32.1. The van der Waals surface area contributed by atoms with Crippen molar-refractivity contribution in [3.63, 3.8) is 0 Å². The molecule has 2 aromatic heterocycles. The van der Waals surface area contributed by atoms with Gasteiger partial charge in [0.25, 0.3) is 5.91 Å². The molecule has 2 saturated carbocycles. The summed E-state index contributed by atoms with van der Waals surface area (Å²) in [4.78, 5) is 23.9. The van der Waals surface area contributed by atoms with Gasteiger partial charge in [-0.2, -0.15) is 0 Å². The van der Waals surface area contributed by atoms with E-state index in [9.17, 15) is 4.79 Å². The van der Waals surface area contributed by atoms with Gasteiger partial charge in [-0.15, -0.1) is 11.3 Å². The molecule has 0 radical (unpaired) electrons. The van der Waals surface area contributed by atoms with E-state index < -0.39 is 0 Å². The van der Waals surface area contributed by atoms with Crippen LogP contribution in [0.4, 0.5) is 0 Å². The molecule has 2 heterocycles. The molecule has 5 nitrogen and oxygen atoms in total. The summed E-state index contributed by atoms with van der Waals surface area (Å²) in [6.07, 6.45) is 10.8. The quantitative estimate of drug-likeness (QED) is 0.441. The van der Waals surface area contributed by atoms with E-state index >= 15 is 0 Å². The molecule has 34 heavy (non-hydrogen) atoms. The van der Waals surface area contributed by atoms with Gasteiger partial charge in [0.1, 0.15) is 0 Å². The van der Waals surface area contributed by atoms with Crippen molar-refractivity contribution in [1.82, 2.24) is 15.3 Å². The maximum atomic E-state index is 13.0. The Kier molecular flexibility index (Phi) is 7.96. The molecule has 4 rings (SSSR count). The standard InChI is InChI=1S/C28H41N3O2S/c1-18(2)17-33-24-16-20(15-23(31-24)28(3,4)5)25-22(14-19-10-7-6-8-11-19)30-27(34-25)26(32)29-21-12-9-13-21/h15-16,18-19,21H,6-14,17H2,1-5H3,(H,29,32). The van der Waals surface area contributed by atoms with E-state index in [0.29, 0.717) is 35.4 Å². The van der Waals surface area contributed by atoms with Gasteiger partial charge in [0.15, 0.2) is 5.01 Å². The van der Waals surface area contributed by atoms with Crippen LogP contribution in [0.15, 0.2) is 12.1 Å². The van der Waals surface area contributed by atoms with Crippen LogP contribution in [0, 0.1) is 11.8 Å². The predicted molar refractivity (Wildman–Crippen MR) is 140 cm³/mol. The average molecular weight is 484 g/mol. The van der Waals surface area contributed by atoms with Crippen LogP contribution in [0.25, 0.3) is 10.4 Å². The molecular weight excluding hydrogens is 442 g/mol. The van der Waals surface area contributed by atoms with Crippen LogP contribution in [0.2, 0.25) is 0 Å². The summed E-state index contributed by atoms with van der Waals surface area (Å²) in [6.45, 7) is 11.5. The molecule has 1 amide bonds. The van der Waals surface area contributed by atoms with E-state index in [0.717, 1.165) is 41.1 Å². The second-order valence-electron chi connectivity index (χ2n) is 11.6. The summed E-state index contributed by atoms with van der Waals surface area (Å²) in [6, 6.07) is 4.53. The van der Waals surface area contributed by atoms with Crippen LogP contribution >= 0.6 is 11.3 Å². The SMILES string of the molecule is CC(C)COc1cc(-c2sc(C(=O)NC3CCC3)nc2CC2CCCCC2)cc(C(C)(C)C)n1. The van der Waals surface area contributed by atoms with Gasteiger partial charge in [-0.3, -0.25) is 4.79 Å². The fraction of sp³-hybridized carbons (Fsp3) is 0.679. The Balaban J connectivity index is 1.70. The molecule has 186 valence electrons. The normalized spacial score (nSPS) is 17.6. The molecule has 2 aromatic rings. The molecule has 0 spiro atoms. The first kappa shape index (κ1) is 25.2. The van der Waals surface area contributed by atoms with Gasteiger partial charge in [0, 0.05) is 23.1 Å². The number of pyridine rings is 1. The summed E-state index contributed by atoms with van der Waals surface area (Å²) < 4.78 is 6.08. The largest absolute Gasteiger partial charge is 0.477 e. The van der Waals surface area contributed by atoms with E-state index in [1.807, 2.05) is 6.07 Å². The molecule has 0 aliphatic heterocycles. The monoisotopic (exact) mass is 483 g/mol. The third-order valence-corrected chi connectivity index (χ3v) is 8.08. The van der Waals surface area contributed by atoms with Gasteiger partial charge in [0.05, 0.1) is 22.9 Å². The van der Waals surface area contributed by atoms with Gasteiger partial charge < -0.3 is 10.1 Å². The van der Waals surface area contributed by atoms with Crippen molar-refractivity contribution in [2.75, 3.05) is 6.61 Å². The first-order valence-corrected chi connectivity index (χ1v) is 14.0. The molecule has 0 unspecified atom stereocenters. The molecule has 2 aliphatic rings. The summed E-state index contributed by atoms with van der Waals surface area (Å²) >= 11 is 1.53. The fourth-order valence-corrected chi connectivity index (χ4v) is 5.61. The van der Waals surface area contributed by atoms with Crippen molar-refractivity contribution in [1.29, 1.82) is 0 Å². The molecule has 0 saturated heterocycles. The van der Waals surface area contributed by atoms with Crippen LogP contribution in [0.1, 0.15) is 107 Å². The second kappa shape index (κ2) is 10.8. The lowest BCUT2D eigenvalue weighted by molar-refractivity contribution is 0.0916. The summed E-state index contributed by atoms with van der Waals surface area (Å²) in [5.74, 6) is 1.72. The van der Waals surface area contributed by atoms with Crippen LogP contribution < -0.4 is 10.1 Å². The lowest BCUT2D eigenvalue weighted by atomic mass is 9.85. The van der Waals surface area contributed by atoms with Crippen LogP contribution in [0.5, 0.6) is 5.88 Å². The number of rotatable bonds is 8. The number of carbonyl (C=O) groups is 1. The number of amides is 1. The average Bonchev–Trinajstić information content (AvgIpc) is 3.18. The Hall–Kier alpha value is -1.95. The van der Waals surface area contributed by atoms with Crippen molar-refractivity contribution in [2.24, 2.45) is 11.8 Å². The summed E-state index contributed by atoms with van der Waals surface area (Å²) in [5, 5.41) is 3.77. The van der Waals surface area contributed by atoms with Crippen LogP contribution in [-0.4, -0.2) is 28.5 Å². The third kappa shape index (κ3) is 6.38. The number of nitrogens with zero attached hydrogens (tertiary/aromatic N) is 2. The lowest BCUT2D eigenvalue weighted by Gasteiger charge is -2.25. The molecular formula is C28H41N3O2S. The Morgan fingerprint density at radius 2 is 1.82 bits per heavy atom. The van der Waals surface area contributed by atoms with Crippen molar-refractivity contribution in [2.45, 2.75) is 104 Å². The molecule has 2 fully saturated rings. The number of aromatic nitrogens is 2. The van der Waals surface area contributed by atoms with Crippen molar-refractivity contribution in [3.05, 3.63) is 28.5 Å². The lowest BCUT2D eigenvalue weighted by Crippen LogP contribution is -2.39. The zero-order chi connectivity index (χ0) is 24.3. The minimum absolute atomic E-state index is 0.0211. The van der Waals surface area contributed by atoms with Gasteiger partial charge in [0.2, 0.25) is 5.88 Å². The summed E-state index contributed by atoms with van der Waals surface area (Å²) in [5.41, 5.74) is 3.03. The first-order valence-electron chi connectivity index (χ1n) is 13.2. The molecule has 0 atom stereocenters. The van der Waals surface area contributed by atoms with Crippen molar-refractivity contribution in [3.8, 4) is 16.3 Å². The van der Waals surface area contributed by atoms with Crippen LogP contribution in [-0.2, 0) is 11.8 Å². The second-order valence-corrected chi connectivity index (χ2v) is 12.6. The van der Waals surface area contributed by atoms with Crippen LogP contribution in [0.3, 0.4) is 0 Å². The van der Waals surface area contributed by atoms with Gasteiger partial charge in [-0.1, -0.05) is 66.7 Å². The highest BCUT2D eigenvalue weighted by molar-refractivity contribution is 7.17. The highest BCUT2D eigenvalue weighted by Gasteiger charge is 2.27. The Bertz CT molecular complexity index is 982. The minimum Gasteiger partial charge on any atom is -0.477 e. The number of hydrogen-bond acceptors (Lipinski definition) is 5. The number of nitrogens with one attached hydrogen (secondary N) is 1. The fourth-order valence-electron chi connectivity index (χ4n) is 4.62. The molecule has 0 bridgehead atoms. The number of hydrogen-bond donors (Lipinski definition) is 1. The first-order chi connectivity index (χ1) is 16.2. The molecule has 1 N–H and O–H groups in total. The Morgan fingerprint density at radius 3 is 2.44 bits per heavy atom. The molecule has 0 aromatic carbocycles. The smallest absolute Gasteiger partial charge is 0.280 e. The highest BCUT2D eigenvalue weighted by Crippen LogP contribution is 2.38. The number of ether oxygens (including phenoxy) is 1. The predicted octanol–water partition coefficient (Wildman–Crippen LogP) is 6.94. The maximum absolute atomic E-state index is 13.0. The molecule has 6 heteroatoms. The van der Waals surface area contributed by atoms with E-state index in [1.165, 1.54) is 49.9 Å². The van der Waals surface area contributed by atoms with Crippen molar-refractivity contribution < 1.29 is 9.53 Å². The third-order valence-electron chi connectivity index (χ3n) is 6.94. The number of carbonyl (C=O) groups excluding carboxylic acids is 1. The van der Waals surface area contributed by atoms with Crippen molar-refractivity contribution >= 4 is 17.2 Å². The van der Waals surface area contributed by atoms with E-state index in [2.05, 4.69) is 46.0 Å². The zero-order valence-electron chi connectivity index (χ0n) is 21.6. The minimum atomic E-state index is -0.107. The number of thiazole rings is 1.